The molecule has 0 saturated heterocycles. The second-order valence-corrected chi connectivity index (χ2v) is 6.44. The maximum atomic E-state index is 11.2. The molecule has 0 saturated carbocycles. The van der Waals surface area contributed by atoms with Crippen molar-refractivity contribution in [3.05, 3.63) is 55.4 Å². The van der Waals surface area contributed by atoms with Crippen molar-refractivity contribution in [3.63, 3.8) is 0 Å². The van der Waals surface area contributed by atoms with E-state index in [-0.39, 0.29) is 11.3 Å². The predicted molar refractivity (Wildman–Crippen MR) is 90.8 cm³/mol. The molecule has 0 radical (unpaired) electrons. The van der Waals surface area contributed by atoms with Gasteiger partial charge in [-0.25, -0.2) is 0 Å². The summed E-state index contributed by atoms with van der Waals surface area (Å²) in [5, 5.41) is 13.2. The van der Waals surface area contributed by atoms with Crippen LogP contribution in [0.2, 0.25) is 5.02 Å². The normalized spacial score (nSPS) is 10.4. The van der Waals surface area contributed by atoms with Gasteiger partial charge in [-0.15, -0.1) is 0 Å². The molecular formula is C14H11Br2ClN2O2. The Hall–Kier alpha value is -1.24. The van der Waals surface area contributed by atoms with Crippen molar-refractivity contribution in [3.8, 4) is 5.75 Å². The topological polar surface area (TPSA) is 75.4 Å². The van der Waals surface area contributed by atoms with E-state index in [2.05, 4.69) is 37.2 Å². The van der Waals surface area contributed by atoms with Crippen molar-refractivity contribution in [2.45, 2.75) is 6.54 Å². The number of anilines is 1. The number of hydrogen-bond acceptors (Lipinski definition) is 3. The first-order valence-electron chi connectivity index (χ1n) is 5.88. The van der Waals surface area contributed by atoms with Gasteiger partial charge in [-0.2, -0.15) is 0 Å². The highest BCUT2D eigenvalue weighted by Crippen LogP contribution is 2.33. The number of benzene rings is 2. The Morgan fingerprint density at radius 2 is 1.86 bits per heavy atom. The van der Waals surface area contributed by atoms with Crippen LogP contribution in [0.5, 0.6) is 5.75 Å². The zero-order chi connectivity index (χ0) is 15.6. The molecule has 0 aliphatic carbocycles. The molecule has 0 aliphatic rings. The Kier molecular flexibility index (Phi) is 5.13. The van der Waals surface area contributed by atoms with E-state index in [1.54, 1.807) is 30.3 Å². The minimum absolute atomic E-state index is 0.154. The van der Waals surface area contributed by atoms with E-state index >= 15 is 0 Å². The van der Waals surface area contributed by atoms with Crippen LogP contribution in [0.4, 0.5) is 5.69 Å². The molecule has 7 heteroatoms. The predicted octanol–water partition coefficient (Wildman–Crippen LogP) is 4.28. The number of rotatable bonds is 4. The van der Waals surface area contributed by atoms with Gasteiger partial charge in [0.25, 0.3) is 0 Å². The first kappa shape index (κ1) is 16.1. The summed E-state index contributed by atoms with van der Waals surface area (Å²) in [5.41, 5.74) is 7.21. The molecule has 2 aromatic carbocycles. The standard InChI is InChI=1S/C14H11Br2ClN2O2/c15-10-3-7(4-11(16)13(10)20)6-19-8-1-2-12(17)9(5-8)14(18)21/h1-5,19-20H,6H2,(H2,18,21). The van der Waals surface area contributed by atoms with Crippen LogP contribution in [-0.4, -0.2) is 11.0 Å². The lowest BCUT2D eigenvalue weighted by molar-refractivity contribution is 0.100. The maximum absolute atomic E-state index is 11.2. The molecule has 0 aromatic heterocycles. The van der Waals surface area contributed by atoms with Crippen LogP contribution in [0.25, 0.3) is 0 Å². The fourth-order valence-corrected chi connectivity index (χ4v) is 3.24. The molecule has 110 valence electrons. The summed E-state index contributed by atoms with van der Waals surface area (Å²) in [6.45, 7) is 0.511. The lowest BCUT2D eigenvalue weighted by atomic mass is 10.1. The highest BCUT2D eigenvalue weighted by Gasteiger charge is 2.09. The van der Waals surface area contributed by atoms with Gasteiger partial charge in [-0.1, -0.05) is 11.6 Å². The number of hydrogen-bond donors (Lipinski definition) is 3. The van der Waals surface area contributed by atoms with E-state index < -0.39 is 5.91 Å². The maximum Gasteiger partial charge on any atom is 0.250 e. The molecule has 2 rings (SSSR count). The molecule has 0 spiro atoms. The van der Waals surface area contributed by atoms with E-state index in [1.807, 2.05) is 0 Å². The summed E-state index contributed by atoms with van der Waals surface area (Å²) in [6.07, 6.45) is 0. The van der Waals surface area contributed by atoms with Gasteiger partial charge in [0, 0.05) is 12.2 Å². The van der Waals surface area contributed by atoms with Crippen molar-refractivity contribution in [1.82, 2.24) is 0 Å². The number of aromatic hydroxyl groups is 1. The van der Waals surface area contributed by atoms with Crippen LogP contribution >= 0.6 is 43.5 Å². The number of primary amides is 1. The van der Waals surface area contributed by atoms with Crippen molar-refractivity contribution in [2.75, 3.05) is 5.32 Å². The van der Waals surface area contributed by atoms with Crippen LogP contribution in [0, 0.1) is 0 Å². The number of halogens is 3. The fourth-order valence-electron chi connectivity index (χ4n) is 1.75. The minimum atomic E-state index is -0.571. The molecule has 4 nitrogen and oxygen atoms in total. The lowest BCUT2D eigenvalue weighted by Gasteiger charge is -2.10. The Balaban J connectivity index is 2.17. The smallest absolute Gasteiger partial charge is 0.250 e. The highest BCUT2D eigenvalue weighted by atomic mass is 79.9. The van der Waals surface area contributed by atoms with Crippen molar-refractivity contribution < 1.29 is 9.90 Å². The fraction of sp³-hybridized carbons (Fsp3) is 0.0714. The van der Waals surface area contributed by atoms with Crippen LogP contribution in [0.3, 0.4) is 0 Å². The third kappa shape index (κ3) is 3.90. The molecular weight excluding hydrogens is 423 g/mol. The first-order valence-corrected chi connectivity index (χ1v) is 7.85. The second-order valence-electron chi connectivity index (χ2n) is 4.32. The number of amides is 1. The number of carbonyl (C=O) groups excluding carboxylic acids is 1. The minimum Gasteiger partial charge on any atom is -0.506 e. The number of phenols is 1. The van der Waals surface area contributed by atoms with Gasteiger partial charge in [-0.05, 0) is 67.8 Å². The zero-order valence-corrected chi connectivity index (χ0v) is 14.6. The number of nitrogens with one attached hydrogen (secondary N) is 1. The monoisotopic (exact) mass is 432 g/mol. The van der Waals surface area contributed by atoms with E-state index in [1.165, 1.54) is 0 Å². The summed E-state index contributed by atoms with van der Waals surface area (Å²) in [5.74, 6) is -0.417. The van der Waals surface area contributed by atoms with Crippen molar-refractivity contribution >= 4 is 55.1 Å². The quantitative estimate of drug-likeness (QED) is 0.672. The van der Waals surface area contributed by atoms with Gasteiger partial charge < -0.3 is 16.2 Å². The first-order chi connectivity index (χ1) is 9.88. The molecule has 21 heavy (non-hydrogen) atoms. The summed E-state index contributed by atoms with van der Waals surface area (Å²) < 4.78 is 1.20. The largest absolute Gasteiger partial charge is 0.506 e. The molecule has 0 heterocycles. The molecule has 0 aliphatic heterocycles. The molecule has 0 atom stereocenters. The van der Waals surface area contributed by atoms with Crippen LogP contribution in [-0.2, 0) is 6.54 Å². The third-order valence-electron chi connectivity index (χ3n) is 2.81. The van der Waals surface area contributed by atoms with Gasteiger partial charge in [-0.3, -0.25) is 4.79 Å². The van der Waals surface area contributed by atoms with Gasteiger partial charge in [0.2, 0.25) is 5.91 Å². The van der Waals surface area contributed by atoms with E-state index in [4.69, 9.17) is 17.3 Å². The summed E-state index contributed by atoms with van der Waals surface area (Å²) >= 11 is 12.5. The molecule has 1 amide bonds. The van der Waals surface area contributed by atoms with Gasteiger partial charge in [0.15, 0.2) is 0 Å². The lowest BCUT2D eigenvalue weighted by Crippen LogP contribution is -2.12. The Morgan fingerprint density at radius 1 is 1.24 bits per heavy atom. The van der Waals surface area contributed by atoms with Crippen molar-refractivity contribution in [1.29, 1.82) is 0 Å². The van der Waals surface area contributed by atoms with Crippen LogP contribution in [0.15, 0.2) is 39.3 Å². The van der Waals surface area contributed by atoms with Gasteiger partial charge in [0.1, 0.15) is 5.75 Å². The highest BCUT2D eigenvalue weighted by molar-refractivity contribution is 9.11. The Labute approximate surface area is 143 Å². The van der Waals surface area contributed by atoms with Crippen LogP contribution < -0.4 is 11.1 Å². The molecule has 2 aromatic rings. The summed E-state index contributed by atoms with van der Waals surface area (Å²) in [6, 6.07) is 8.59. The van der Waals surface area contributed by atoms with Gasteiger partial charge >= 0.3 is 0 Å². The molecule has 0 unspecified atom stereocenters. The van der Waals surface area contributed by atoms with Crippen molar-refractivity contribution in [2.24, 2.45) is 5.73 Å². The Bertz CT molecular complexity index is 684. The SMILES string of the molecule is NC(=O)c1cc(NCc2cc(Br)c(O)c(Br)c2)ccc1Cl. The van der Waals surface area contributed by atoms with Gasteiger partial charge in [0.05, 0.1) is 19.5 Å². The molecule has 0 bridgehead atoms. The zero-order valence-electron chi connectivity index (χ0n) is 10.7. The number of nitrogens with two attached hydrogens (primary N) is 1. The summed E-state index contributed by atoms with van der Waals surface area (Å²) in [7, 11) is 0. The Morgan fingerprint density at radius 3 is 2.43 bits per heavy atom. The molecule has 0 fully saturated rings. The van der Waals surface area contributed by atoms with Crippen LogP contribution in [0.1, 0.15) is 15.9 Å². The average molecular weight is 435 g/mol. The number of phenolic OH excluding ortho intramolecular Hbond substituents is 1. The molecule has 4 N–H and O–H groups in total. The average Bonchev–Trinajstić information content (AvgIpc) is 2.43. The third-order valence-corrected chi connectivity index (χ3v) is 4.34. The second kappa shape index (κ2) is 6.68. The van der Waals surface area contributed by atoms with E-state index in [9.17, 15) is 9.90 Å². The van der Waals surface area contributed by atoms with E-state index in [0.717, 1.165) is 11.3 Å². The summed E-state index contributed by atoms with van der Waals surface area (Å²) in [4.78, 5) is 11.2. The number of carbonyl (C=O) groups is 1. The van der Waals surface area contributed by atoms with E-state index in [0.29, 0.717) is 20.5 Å².